The maximum Gasteiger partial charge on any atom is 0.127 e. The van der Waals surface area contributed by atoms with Crippen molar-refractivity contribution in [2.75, 3.05) is 6.61 Å². The fourth-order valence-electron chi connectivity index (χ4n) is 2.97. The highest BCUT2D eigenvalue weighted by atomic mass is 19.1. The van der Waals surface area contributed by atoms with Crippen LogP contribution in [0.5, 0.6) is 11.5 Å². The van der Waals surface area contributed by atoms with E-state index in [1.807, 2.05) is 26.8 Å². The van der Waals surface area contributed by atoms with E-state index in [1.54, 1.807) is 18.2 Å². The second kappa shape index (κ2) is 9.41. The molecule has 0 radical (unpaired) electrons. The summed E-state index contributed by atoms with van der Waals surface area (Å²) in [5, 5.41) is 19.4. The summed E-state index contributed by atoms with van der Waals surface area (Å²) in [4.78, 5) is 0. The van der Waals surface area contributed by atoms with Crippen molar-refractivity contribution < 1.29 is 14.2 Å². The van der Waals surface area contributed by atoms with Gasteiger partial charge in [-0.1, -0.05) is 31.9 Å². The van der Waals surface area contributed by atoms with Crippen molar-refractivity contribution in [1.29, 1.82) is 5.26 Å². The second-order valence-electron chi connectivity index (χ2n) is 7.49. The molecule has 4 heteroatoms. The molecule has 0 unspecified atom stereocenters. The number of hydrogen-bond donors (Lipinski definition) is 1. The number of hydrogen-bond acceptors (Lipinski definition) is 3. The minimum atomic E-state index is -0.299. The van der Waals surface area contributed by atoms with E-state index in [0.717, 1.165) is 43.2 Å². The van der Waals surface area contributed by atoms with Crippen LogP contribution in [-0.4, -0.2) is 11.7 Å². The standard InChI is InChI=1S/C23H28FNO2/c1-4-17-14-20(18-8-10-19(24)11-9-18)21(26)15-22(17)27-13-7-5-6-12-23(2,3)16-25/h8-11,14-15,26H,4-7,12-13H2,1-3H3. The summed E-state index contributed by atoms with van der Waals surface area (Å²) in [5.74, 6) is 0.523. The summed E-state index contributed by atoms with van der Waals surface area (Å²) in [6, 6.07) is 12.0. The van der Waals surface area contributed by atoms with E-state index in [9.17, 15) is 9.50 Å². The molecular weight excluding hydrogens is 341 g/mol. The molecule has 0 saturated carbocycles. The van der Waals surface area contributed by atoms with Gasteiger partial charge >= 0.3 is 0 Å². The van der Waals surface area contributed by atoms with Crippen LogP contribution in [0, 0.1) is 22.6 Å². The Bertz CT molecular complexity index is 791. The van der Waals surface area contributed by atoms with Crippen molar-refractivity contribution >= 4 is 0 Å². The molecule has 0 aliphatic rings. The van der Waals surface area contributed by atoms with Crippen molar-refractivity contribution in [3.8, 4) is 28.7 Å². The van der Waals surface area contributed by atoms with Crippen molar-refractivity contribution in [3.63, 3.8) is 0 Å². The first-order valence-corrected chi connectivity index (χ1v) is 9.52. The predicted octanol–water partition coefficient (Wildman–Crippen LogP) is 6.25. The molecule has 1 N–H and O–H groups in total. The zero-order valence-electron chi connectivity index (χ0n) is 16.4. The Hall–Kier alpha value is -2.54. The first-order valence-electron chi connectivity index (χ1n) is 9.52. The highest BCUT2D eigenvalue weighted by Crippen LogP contribution is 2.36. The van der Waals surface area contributed by atoms with Crippen LogP contribution in [-0.2, 0) is 6.42 Å². The van der Waals surface area contributed by atoms with Gasteiger partial charge in [0.25, 0.3) is 0 Å². The Morgan fingerprint density at radius 3 is 2.44 bits per heavy atom. The molecule has 0 aliphatic carbocycles. The topological polar surface area (TPSA) is 53.2 Å². The third kappa shape index (κ3) is 5.99. The van der Waals surface area contributed by atoms with Gasteiger partial charge in [-0.25, -0.2) is 4.39 Å². The highest BCUT2D eigenvalue weighted by molar-refractivity contribution is 5.72. The monoisotopic (exact) mass is 369 g/mol. The Morgan fingerprint density at radius 2 is 1.81 bits per heavy atom. The molecule has 2 rings (SSSR count). The van der Waals surface area contributed by atoms with E-state index in [4.69, 9.17) is 10.00 Å². The number of aromatic hydroxyl groups is 1. The van der Waals surface area contributed by atoms with Gasteiger partial charge in [0.15, 0.2) is 0 Å². The Balaban J connectivity index is 1.97. The van der Waals surface area contributed by atoms with E-state index in [0.29, 0.717) is 17.9 Å². The van der Waals surface area contributed by atoms with Gasteiger partial charge in [-0.15, -0.1) is 0 Å². The number of aryl methyl sites for hydroxylation is 1. The normalized spacial score (nSPS) is 11.2. The summed E-state index contributed by atoms with van der Waals surface area (Å²) in [7, 11) is 0. The number of ether oxygens (including phenoxy) is 1. The molecule has 0 heterocycles. The van der Waals surface area contributed by atoms with Crippen LogP contribution in [0.2, 0.25) is 0 Å². The van der Waals surface area contributed by atoms with Crippen LogP contribution < -0.4 is 4.74 Å². The maximum atomic E-state index is 13.1. The van der Waals surface area contributed by atoms with Crippen molar-refractivity contribution in [1.82, 2.24) is 0 Å². The molecule has 0 atom stereocenters. The third-order valence-electron chi connectivity index (χ3n) is 4.72. The van der Waals surface area contributed by atoms with Gasteiger partial charge in [0, 0.05) is 11.6 Å². The van der Waals surface area contributed by atoms with Gasteiger partial charge in [0.05, 0.1) is 18.1 Å². The highest BCUT2D eigenvalue weighted by Gasteiger charge is 2.15. The van der Waals surface area contributed by atoms with E-state index >= 15 is 0 Å². The van der Waals surface area contributed by atoms with Gasteiger partial charge in [-0.05, 0) is 62.4 Å². The zero-order valence-corrected chi connectivity index (χ0v) is 16.4. The van der Waals surface area contributed by atoms with Crippen LogP contribution in [0.15, 0.2) is 36.4 Å². The van der Waals surface area contributed by atoms with Crippen LogP contribution in [0.3, 0.4) is 0 Å². The SMILES string of the molecule is CCc1cc(-c2ccc(F)cc2)c(O)cc1OCCCCCC(C)(C)C#N. The molecule has 0 saturated heterocycles. The lowest BCUT2D eigenvalue weighted by atomic mass is 9.89. The number of nitriles is 1. The van der Waals surface area contributed by atoms with Gasteiger partial charge in [0.2, 0.25) is 0 Å². The van der Waals surface area contributed by atoms with Gasteiger partial charge in [-0.2, -0.15) is 5.26 Å². The van der Waals surface area contributed by atoms with Crippen LogP contribution in [0.25, 0.3) is 11.1 Å². The van der Waals surface area contributed by atoms with E-state index < -0.39 is 0 Å². The molecule has 0 fully saturated rings. The maximum absolute atomic E-state index is 13.1. The molecule has 0 amide bonds. The lowest BCUT2D eigenvalue weighted by molar-refractivity contribution is 0.296. The lowest BCUT2D eigenvalue weighted by Crippen LogP contribution is -2.07. The second-order valence-corrected chi connectivity index (χ2v) is 7.49. The molecule has 0 bridgehead atoms. The van der Waals surface area contributed by atoms with Gasteiger partial charge < -0.3 is 9.84 Å². The number of nitrogens with zero attached hydrogens (tertiary/aromatic N) is 1. The van der Waals surface area contributed by atoms with Crippen molar-refractivity contribution in [2.24, 2.45) is 5.41 Å². The fourth-order valence-corrected chi connectivity index (χ4v) is 2.97. The first-order chi connectivity index (χ1) is 12.9. The van der Waals surface area contributed by atoms with Crippen LogP contribution in [0.1, 0.15) is 52.0 Å². The van der Waals surface area contributed by atoms with Crippen LogP contribution in [0.4, 0.5) is 4.39 Å². The third-order valence-corrected chi connectivity index (χ3v) is 4.72. The predicted molar refractivity (Wildman–Crippen MR) is 106 cm³/mol. The Labute approximate surface area is 161 Å². The minimum absolute atomic E-state index is 0.129. The molecular formula is C23H28FNO2. The van der Waals surface area contributed by atoms with Gasteiger partial charge in [-0.3, -0.25) is 0 Å². The molecule has 3 nitrogen and oxygen atoms in total. The van der Waals surface area contributed by atoms with E-state index in [2.05, 4.69) is 6.07 Å². The quantitative estimate of drug-likeness (QED) is 0.532. The summed E-state index contributed by atoms with van der Waals surface area (Å²) in [6.07, 6.45) is 4.58. The minimum Gasteiger partial charge on any atom is -0.507 e. The molecule has 27 heavy (non-hydrogen) atoms. The number of unbranched alkanes of at least 4 members (excludes halogenated alkanes) is 2. The van der Waals surface area contributed by atoms with Crippen molar-refractivity contribution in [2.45, 2.75) is 52.9 Å². The molecule has 144 valence electrons. The Morgan fingerprint density at radius 1 is 1.11 bits per heavy atom. The molecule has 0 aromatic heterocycles. The molecule has 2 aromatic carbocycles. The van der Waals surface area contributed by atoms with E-state index in [1.165, 1.54) is 12.1 Å². The molecule has 2 aromatic rings. The van der Waals surface area contributed by atoms with Crippen molar-refractivity contribution in [3.05, 3.63) is 47.8 Å². The summed E-state index contributed by atoms with van der Waals surface area (Å²) in [6.45, 7) is 6.54. The Kier molecular flexibility index (Phi) is 7.24. The lowest BCUT2D eigenvalue weighted by Gasteiger charge is -2.15. The summed E-state index contributed by atoms with van der Waals surface area (Å²) < 4.78 is 19.0. The largest absolute Gasteiger partial charge is 0.507 e. The smallest absolute Gasteiger partial charge is 0.127 e. The number of halogens is 1. The first kappa shape index (κ1) is 20.8. The fraction of sp³-hybridized carbons (Fsp3) is 0.435. The summed E-state index contributed by atoms with van der Waals surface area (Å²) >= 11 is 0. The molecule has 0 spiro atoms. The van der Waals surface area contributed by atoms with Crippen LogP contribution >= 0.6 is 0 Å². The average Bonchev–Trinajstić information content (AvgIpc) is 2.65. The average molecular weight is 369 g/mol. The number of phenolic OH excluding ortho intramolecular Hbond substituents is 1. The number of benzene rings is 2. The zero-order chi connectivity index (χ0) is 19.9. The summed E-state index contributed by atoms with van der Waals surface area (Å²) in [5.41, 5.74) is 2.20. The van der Waals surface area contributed by atoms with E-state index in [-0.39, 0.29) is 17.0 Å². The van der Waals surface area contributed by atoms with Gasteiger partial charge in [0.1, 0.15) is 17.3 Å². The number of phenols is 1. The number of rotatable bonds is 9. The molecule has 0 aliphatic heterocycles.